The maximum absolute atomic E-state index is 6.74. The highest BCUT2D eigenvalue weighted by Gasteiger charge is 2.50. The molecule has 0 amide bonds. The molecule has 2 unspecified atom stereocenters. The largest absolute Gasteiger partial charge is 0.344 e. The van der Waals surface area contributed by atoms with E-state index in [2.05, 4.69) is 69.4 Å². The summed E-state index contributed by atoms with van der Waals surface area (Å²) < 4.78 is 13.5. The first kappa shape index (κ1) is 40.1. The lowest BCUT2D eigenvalue weighted by molar-refractivity contribution is -0.192. The first-order valence-electron chi connectivity index (χ1n) is 20.1. The van der Waals surface area contributed by atoms with Crippen molar-refractivity contribution < 1.29 is 9.47 Å². The van der Waals surface area contributed by atoms with Crippen LogP contribution in [0.15, 0.2) is 48.6 Å². The van der Waals surface area contributed by atoms with Gasteiger partial charge in [-0.1, -0.05) is 146 Å². The predicted molar refractivity (Wildman–Crippen MR) is 199 cm³/mol. The molecule has 1 aliphatic heterocycles. The van der Waals surface area contributed by atoms with Crippen LogP contribution in [0.2, 0.25) is 0 Å². The van der Waals surface area contributed by atoms with Crippen LogP contribution in [0.3, 0.4) is 0 Å². The number of rotatable bonds is 30. The van der Waals surface area contributed by atoms with E-state index in [0.717, 1.165) is 31.6 Å². The average Bonchev–Trinajstić information content (AvgIpc) is 3.54. The minimum absolute atomic E-state index is 0.278. The summed E-state index contributed by atoms with van der Waals surface area (Å²) in [6, 6.07) is 0. The normalized spacial score (nSPS) is 21.4. The van der Waals surface area contributed by atoms with Gasteiger partial charge >= 0.3 is 0 Å². The molecule has 0 spiro atoms. The molecule has 0 bridgehead atoms. The molecule has 2 rings (SSSR count). The van der Waals surface area contributed by atoms with Crippen molar-refractivity contribution in [3.05, 3.63) is 48.6 Å². The van der Waals surface area contributed by atoms with Gasteiger partial charge in [-0.3, -0.25) is 0 Å². The lowest BCUT2D eigenvalue weighted by Crippen LogP contribution is -2.32. The van der Waals surface area contributed by atoms with Crippen LogP contribution in [0.25, 0.3) is 0 Å². The van der Waals surface area contributed by atoms with Crippen molar-refractivity contribution in [3.63, 3.8) is 0 Å². The first-order valence-corrected chi connectivity index (χ1v) is 20.1. The van der Waals surface area contributed by atoms with Crippen molar-refractivity contribution in [2.75, 3.05) is 0 Å². The lowest BCUT2D eigenvalue weighted by atomic mass is 9.98. The minimum Gasteiger partial charge on any atom is -0.344 e. The molecule has 0 aromatic carbocycles. The molecule has 2 heteroatoms. The number of ether oxygens (including phenoxy) is 2. The summed E-state index contributed by atoms with van der Waals surface area (Å²) in [5, 5.41) is 0. The second kappa shape index (κ2) is 27.9. The SMILES string of the molecule is CCCCC/C=C\C/C=C\CCCCCCCCC1(CCCCCCCC/C=C\C/C=C\CCCCC)OC2CC(C)C[C@@H]2O1. The number of unbranched alkanes of at least 4 members (excludes halogenated alkanes) is 18. The molecule has 3 atom stereocenters. The van der Waals surface area contributed by atoms with Crippen LogP contribution in [0.1, 0.15) is 201 Å². The van der Waals surface area contributed by atoms with Crippen LogP contribution in [0, 0.1) is 5.92 Å². The Morgan fingerprint density at radius 2 is 0.778 bits per heavy atom. The third kappa shape index (κ3) is 20.7. The van der Waals surface area contributed by atoms with Crippen molar-refractivity contribution in [3.8, 4) is 0 Å². The van der Waals surface area contributed by atoms with Crippen LogP contribution < -0.4 is 0 Å². The van der Waals surface area contributed by atoms with Crippen molar-refractivity contribution in [1.29, 1.82) is 0 Å². The van der Waals surface area contributed by atoms with Crippen LogP contribution in [0.5, 0.6) is 0 Å². The summed E-state index contributed by atoms with van der Waals surface area (Å²) in [7, 11) is 0. The molecule has 1 saturated carbocycles. The molecular weight excluding hydrogens is 548 g/mol. The zero-order valence-corrected chi connectivity index (χ0v) is 30.5. The Kier molecular flexibility index (Phi) is 24.9. The lowest BCUT2D eigenvalue weighted by Gasteiger charge is -2.30. The number of hydrogen-bond acceptors (Lipinski definition) is 2. The molecule has 0 N–H and O–H groups in total. The van der Waals surface area contributed by atoms with E-state index in [0.29, 0.717) is 12.2 Å². The third-order valence-corrected chi connectivity index (χ3v) is 9.93. The molecule has 1 heterocycles. The van der Waals surface area contributed by atoms with Crippen LogP contribution in [-0.4, -0.2) is 18.0 Å². The highest BCUT2D eigenvalue weighted by atomic mass is 16.8. The highest BCUT2D eigenvalue weighted by molar-refractivity contribution is 4.94. The zero-order chi connectivity index (χ0) is 32.1. The molecule has 0 aromatic heterocycles. The number of hydrogen-bond donors (Lipinski definition) is 0. The monoisotopic (exact) mass is 625 g/mol. The van der Waals surface area contributed by atoms with Gasteiger partial charge in [0.1, 0.15) is 0 Å². The fraction of sp³-hybridized carbons (Fsp3) is 0.814. The summed E-state index contributed by atoms with van der Waals surface area (Å²) in [4.78, 5) is 0. The molecule has 260 valence electrons. The Bertz CT molecular complexity index is 713. The van der Waals surface area contributed by atoms with Gasteiger partial charge in [0, 0.05) is 12.8 Å². The molecule has 45 heavy (non-hydrogen) atoms. The van der Waals surface area contributed by atoms with Gasteiger partial charge in [-0.25, -0.2) is 0 Å². The fourth-order valence-electron chi connectivity index (χ4n) is 7.15. The summed E-state index contributed by atoms with van der Waals surface area (Å²) in [5.74, 6) is 0.474. The molecule has 1 aliphatic carbocycles. The van der Waals surface area contributed by atoms with Crippen LogP contribution in [0.4, 0.5) is 0 Å². The zero-order valence-electron chi connectivity index (χ0n) is 30.5. The maximum atomic E-state index is 6.74. The Hall–Kier alpha value is -1.12. The van der Waals surface area contributed by atoms with Gasteiger partial charge < -0.3 is 9.47 Å². The Labute approximate surface area is 282 Å². The number of fused-ring (bicyclic) bond motifs is 1. The number of allylic oxidation sites excluding steroid dienone is 8. The predicted octanol–water partition coefficient (Wildman–Crippen LogP) is 14.3. The van der Waals surface area contributed by atoms with Crippen molar-refractivity contribution >= 4 is 0 Å². The maximum Gasteiger partial charge on any atom is 0.169 e. The topological polar surface area (TPSA) is 18.5 Å². The summed E-state index contributed by atoms with van der Waals surface area (Å²) in [6.45, 7) is 6.90. The summed E-state index contributed by atoms with van der Waals surface area (Å²) in [6.07, 6.45) is 55.4. The van der Waals surface area contributed by atoms with Crippen molar-refractivity contribution in [2.45, 2.75) is 219 Å². The molecule has 1 saturated heterocycles. The van der Waals surface area contributed by atoms with E-state index in [1.54, 1.807) is 0 Å². The molecule has 0 aromatic rings. The van der Waals surface area contributed by atoms with E-state index in [4.69, 9.17) is 9.47 Å². The minimum atomic E-state index is -0.278. The summed E-state index contributed by atoms with van der Waals surface area (Å²) >= 11 is 0. The second-order valence-corrected chi connectivity index (χ2v) is 14.5. The summed E-state index contributed by atoms with van der Waals surface area (Å²) in [5.41, 5.74) is 0. The van der Waals surface area contributed by atoms with Gasteiger partial charge in [0.05, 0.1) is 12.2 Å². The van der Waals surface area contributed by atoms with Gasteiger partial charge in [0.2, 0.25) is 0 Å². The Morgan fingerprint density at radius 1 is 0.444 bits per heavy atom. The third-order valence-electron chi connectivity index (χ3n) is 9.93. The van der Waals surface area contributed by atoms with E-state index in [1.165, 1.54) is 154 Å². The van der Waals surface area contributed by atoms with Crippen LogP contribution >= 0.6 is 0 Å². The Balaban J connectivity index is 1.50. The van der Waals surface area contributed by atoms with Gasteiger partial charge in [-0.15, -0.1) is 0 Å². The highest BCUT2D eigenvalue weighted by Crippen LogP contribution is 2.45. The van der Waals surface area contributed by atoms with E-state index in [1.807, 2.05) is 0 Å². The molecule has 0 radical (unpaired) electrons. The van der Waals surface area contributed by atoms with Gasteiger partial charge in [-0.2, -0.15) is 0 Å². The molecular formula is C43H76O2. The average molecular weight is 625 g/mol. The second-order valence-electron chi connectivity index (χ2n) is 14.5. The first-order chi connectivity index (χ1) is 22.2. The van der Waals surface area contributed by atoms with E-state index >= 15 is 0 Å². The van der Waals surface area contributed by atoms with E-state index < -0.39 is 0 Å². The quantitative estimate of drug-likeness (QED) is 0.0584. The van der Waals surface area contributed by atoms with Gasteiger partial charge in [0.25, 0.3) is 0 Å². The Morgan fingerprint density at radius 3 is 1.16 bits per heavy atom. The molecule has 2 nitrogen and oxygen atoms in total. The standard InChI is InChI=1S/C43H76O2/c1-4-6-8-10-12-14-16-18-20-22-24-26-28-30-32-34-36-43(44-41-38-40(3)39-42(41)45-43)37-35-33-31-29-27-25-23-21-19-17-15-13-11-9-7-5-2/h12-15,18-21,40-42H,4-11,16-17,22-39H2,1-3H3/b14-12-,15-13-,20-18-,21-19-/t40?,41-,42?/m0/s1. The smallest absolute Gasteiger partial charge is 0.169 e. The molecule has 2 aliphatic rings. The van der Waals surface area contributed by atoms with E-state index in [9.17, 15) is 0 Å². The molecule has 2 fully saturated rings. The fourth-order valence-corrected chi connectivity index (χ4v) is 7.15. The van der Waals surface area contributed by atoms with Gasteiger partial charge in [-0.05, 0) is 95.8 Å². The van der Waals surface area contributed by atoms with Crippen molar-refractivity contribution in [1.82, 2.24) is 0 Å². The van der Waals surface area contributed by atoms with Gasteiger partial charge in [0.15, 0.2) is 5.79 Å². The van der Waals surface area contributed by atoms with E-state index in [-0.39, 0.29) is 5.79 Å². The van der Waals surface area contributed by atoms with Crippen LogP contribution in [-0.2, 0) is 9.47 Å². The van der Waals surface area contributed by atoms with Crippen molar-refractivity contribution in [2.24, 2.45) is 5.92 Å².